The van der Waals surface area contributed by atoms with Crippen LogP contribution in [0.4, 0.5) is 0 Å². The summed E-state index contributed by atoms with van der Waals surface area (Å²) in [6.45, 7) is 8.90. The fraction of sp³-hybridized carbons (Fsp3) is 1.00. The van der Waals surface area contributed by atoms with E-state index in [4.69, 9.17) is 4.74 Å². The fourth-order valence-electron chi connectivity index (χ4n) is 1.65. The van der Waals surface area contributed by atoms with E-state index in [2.05, 4.69) is 20.8 Å². The summed E-state index contributed by atoms with van der Waals surface area (Å²) in [5.74, 6) is 0.598. The molecule has 2 heteroatoms. The van der Waals surface area contributed by atoms with E-state index in [1.165, 1.54) is 19.3 Å². The second-order valence-electron chi connectivity index (χ2n) is 4.60. The van der Waals surface area contributed by atoms with E-state index in [0.717, 1.165) is 12.8 Å². The largest absolute Gasteiger partial charge is 0.391 e. The van der Waals surface area contributed by atoms with Gasteiger partial charge in [-0.3, -0.25) is 0 Å². The zero-order valence-corrected chi connectivity index (χ0v) is 10.8. The lowest BCUT2D eigenvalue weighted by atomic mass is 9.96. The Balaban J connectivity index is 3.84. The molecule has 0 heterocycles. The molecular formula is C13H28O2. The van der Waals surface area contributed by atoms with Crippen LogP contribution >= 0.6 is 0 Å². The van der Waals surface area contributed by atoms with Crippen molar-refractivity contribution in [2.75, 3.05) is 6.61 Å². The van der Waals surface area contributed by atoms with Gasteiger partial charge in [-0.1, -0.05) is 46.5 Å². The summed E-state index contributed by atoms with van der Waals surface area (Å²) in [6, 6.07) is 0. The summed E-state index contributed by atoms with van der Waals surface area (Å²) in [5.41, 5.74) is 0. The number of aliphatic hydroxyl groups is 1. The summed E-state index contributed by atoms with van der Waals surface area (Å²) in [6.07, 6.45) is 6.05. The van der Waals surface area contributed by atoms with Crippen LogP contribution in [0.15, 0.2) is 0 Å². The lowest BCUT2D eigenvalue weighted by molar-refractivity contribution is -0.0316. The number of unbranched alkanes of at least 4 members (excludes halogenated alkanes) is 2. The molecule has 0 aromatic rings. The van der Waals surface area contributed by atoms with E-state index < -0.39 is 0 Å². The van der Waals surface area contributed by atoms with Crippen LogP contribution in [0.3, 0.4) is 0 Å². The molecular weight excluding hydrogens is 188 g/mol. The number of aliphatic hydroxyl groups excluding tert-OH is 1. The molecule has 0 aromatic carbocycles. The second kappa shape index (κ2) is 9.17. The molecule has 15 heavy (non-hydrogen) atoms. The van der Waals surface area contributed by atoms with Gasteiger partial charge >= 0.3 is 0 Å². The van der Waals surface area contributed by atoms with Gasteiger partial charge in [-0.05, 0) is 19.3 Å². The van der Waals surface area contributed by atoms with Crippen molar-refractivity contribution < 1.29 is 9.84 Å². The molecule has 0 amide bonds. The van der Waals surface area contributed by atoms with Crippen molar-refractivity contribution in [1.29, 1.82) is 0 Å². The van der Waals surface area contributed by atoms with Gasteiger partial charge in [-0.15, -0.1) is 0 Å². The van der Waals surface area contributed by atoms with Crippen LogP contribution in [-0.4, -0.2) is 23.9 Å². The average Bonchev–Trinajstić information content (AvgIpc) is 2.21. The number of hydrogen-bond acceptors (Lipinski definition) is 2. The minimum atomic E-state index is -0.345. The summed E-state index contributed by atoms with van der Waals surface area (Å²) in [5, 5.41) is 9.20. The van der Waals surface area contributed by atoms with Gasteiger partial charge in [0.1, 0.15) is 0 Å². The maximum absolute atomic E-state index is 9.20. The molecule has 0 fully saturated rings. The van der Waals surface area contributed by atoms with Gasteiger partial charge in [0.15, 0.2) is 0 Å². The van der Waals surface area contributed by atoms with Gasteiger partial charge in [0.05, 0.1) is 18.8 Å². The van der Waals surface area contributed by atoms with E-state index in [9.17, 15) is 5.11 Å². The molecule has 3 atom stereocenters. The van der Waals surface area contributed by atoms with E-state index >= 15 is 0 Å². The van der Waals surface area contributed by atoms with Crippen LogP contribution in [-0.2, 0) is 4.74 Å². The molecule has 0 aliphatic rings. The zero-order chi connectivity index (χ0) is 11.7. The van der Waals surface area contributed by atoms with E-state index in [1.807, 2.05) is 0 Å². The first-order valence-corrected chi connectivity index (χ1v) is 6.41. The Hall–Kier alpha value is -0.0800. The molecule has 0 aliphatic carbocycles. The second-order valence-corrected chi connectivity index (χ2v) is 4.60. The first kappa shape index (κ1) is 14.9. The highest BCUT2D eigenvalue weighted by Gasteiger charge is 2.16. The van der Waals surface area contributed by atoms with Crippen LogP contribution < -0.4 is 0 Å². The van der Waals surface area contributed by atoms with Gasteiger partial charge < -0.3 is 9.84 Å². The molecule has 0 spiro atoms. The average molecular weight is 216 g/mol. The molecule has 0 aliphatic heterocycles. The number of ether oxygens (including phenoxy) is 1. The van der Waals surface area contributed by atoms with Gasteiger partial charge in [0.2, 0.25) is 0 Å². The normalized spacial score (nSPS) is 17.4. The minimum Gasteiger partial charge on any atom is -0.391 e. The Morgan fingerprint density at radius 1 is 1.13 bits per heavy atom. The predicted molar refractivity (Wildman–Crippen MR) is 65.0 cm³/mol. The van der Waals surface area contributed by atoms with Crippen molar-refractivity contribution in [3.05, 3.63) is 0 Å². The van der Waals surface area contributed by atoms with Crippen LogP contribution in [0.25, 0.3) is 0 Å². The lowest BCUT2D eigenvalue weighted by Gasteiger charge is -2.24. The molecule has 3 unspecified atom stereocenters. The highest BCUT2D eigenvalue weighted by molar-refractivity contribution is 4.66. The molecule has 92 valence electrons. The van der Waals surface area contributed by atoms with E-state index in [0.29, 0.717) is 18.6 Å². The predicted octanol–water partition coefficient (Wildman–Crippen LogP) is 3.38. The standard InChI is InChI=1S/C13H28O2/c1-5-7-8-9-13(11(3)6-2)15-10-12(4)14/h11-14H,5-10H2,1-4H3. The maximum atomic E-state index is 9.20. The Labute approximate surface area is 95.0 Å². The van der Waals surface area contributed by atoms with Crippen molar-refractivity contribution in [2.24, 2.45) is 5.92 Å². The Bertz CT molecular complexity index is 134. The Morgan fingerprint density at radius 2 is 1.80 bits per heavy atom. The van der Waals surface area contributed by atoms with Gasteiger partial charge in [-0.2, -0.15) is 0 Å². The highest BCUT2D eigenvalue weighted by atomic mass is 16.5. The van der Waals surface area contributed by atoms with Gasteiger partial charge in [-0.25, -0.2) is 0 Å². The van der Waals surface area contributed by atoms with Crippen molar-refractivity contribution in [1.82, 2.24) is 0 Å². The molecule has 0 aromatic heterocycles. The smallest absolute Gasteiger partial charge is 0.0745 e. The minimum absolute atomic E-state index is 0.330. The van der Waals surface area contributed by atoms with Crippen LogP contribution in [0, 0.1) is 5.92 Å². The molecule has 0 rings (SSSR count). The summed E-state index contributed by atoms with van der Waals surface area (Å²) < 4.78 is 5.75. The SMILES string of the molecule is CCCCCC(OCC(C)O)C(C)CC. The molecule has 1 N–H and O–H groups in total. The Kier molecular flexibility index (Phi) is 9.12. The summed E-state index contributed by atoms with van der Waals surface area (Å²) in [4.78, 5) is 0. The lowest BCUT2D eigenvalue weighted by Crippen LogP contribution is -2.25. The van der Waals surface area contributed by atoms with Crippen LogP contribution in [0.2, 0.25) is 0 Å². The van der Waals surface area contributed by atoms with Gasteiger partial charge in [0, 0.05) is 0 Å². The molecule has 0 saturated carbocycles. The first-order valence-electron chi connectivity index (χ1n) is 6.41. The van der Waals surface area contributed by atoms with Gasteiger partial charge in [0.25, 0.3) is 0 Å². The van der Waals surface area contributed by atoms with Crippen LogP contribution in [0.5, 0.6) is 0 Å². The van der Waals surface area contributed by atoms with Crippen molar-refractivity contribution in [2.45, 2.75) is 72.0 Å². The zero-order valence-electron chi connectivity index (χ0n) is 10.8. The molecule has 0 radical (unpaired) electrons. The third kappa shape index (κ3) is 7.80. The third-order valence-electron chi connectivity index (χ3n) is 2.92. The van der Waals surface area contributed by atoms with Crippen molar-refractivity contribution in [3.8, 4) is 0 Å². The quantitative estimate of drug-likeness (QED) is 0.599. The Morgan fingerprint density at radius 3 is 2.27 bits per heavy atom. The number of hydrogen-bond donors (Lipinski definition) is 1. The molecule has 2 nitrogen and oxygen atoms in total. The monoisotopic (exact) mass is 216 g/mol. The highest BCUT2D eigenvalue weighted by Crippen LogP contribution is 2.18. The third-order valence-corrected chi connectivity index (χ3v) is 2.92. The van der Waals surface area contributed by atoms with Crippen LogP contribution in [0.1, 0.15) is 59.8 Å². The summed E-state index contributed by atoms with van der Waals surface area (Å²) >= 11 is 0. The van der Waals surface area contributed by atoms with E-state index in [1.54, 1.807) is 6.92 Å². The topological polar surface area (TPSA) is 29.5 Å². The summed E-state index contributed by atoms with van der Waals surface area (Å²) in [7, 11) is 0. The maximum Gasteiger partial charge on any atom is 0.0745 e. The van der Waals surface area contributed by atoms with Crippen molar-refractivity contribution in [3.63, 3.8) is 0 Å². The number of rotatable bonds is 9. The van der Waals surface area contributed by atoms with E-state index in [-0.39, 0.29) is 6.10 Å². The first-order chi connectivity index (χ1) is 7.11. The fourth-order valence-corrected chi connectivity index (χ4v) is 1.65. The van der Waals surface area contributed by atoms with Crippen molar-refractivity contribution >= 4 is 0 Å². The molecule has 0 saturated heterocycles. The molecule has 0 bridgehead atoms.